The van der Waals surface area contributed by atoms with Crippen molar-refractivity contribution in [3.8, 4) is 0 Å². The lowest BCUT2D eigenvalue weighted by Crippen LogP contribution is -1.75. The first-order valence-corrected chi connectivity index (χ1v) is 5.17. The van der Waals surface area contributed by atoms with Gasteiger partial charge in [0.2, 0.25) is 0 Å². The largest absolute Gasteiger partial charge is 0.298 e. The summed E-state index contributed by atoms with van der Waals surface area (Å²) in [6, 6.07) is 3.50. The number of benzene rings is 1. The quantitative estimate of drug-likeness (QED) is 0.677. The van der Waals surface area contributed by atoms with Gasteiger partial charge in [0.15, 0.2) is 6.29 Å². The van der Waals surface area contributed by atoms with Crippen LogP contribution in [0.25, 0.3) is 10.1 Å². The zero-order valence-electron chi connectivity index (χ0n) is 6.38. The standard InChI is InChI=1S/C9H4Cl2OS/c10-7-1-6-5(3-12)4-13-9(6)2-8(7)11/h1-4H. The first-order chi connectivity index (χ1) is 6.22. The molecular formula is C9H4Cl2OS. The van der Waals surface area contributed by atoms with Crippen molar-refractivity contribution in [3.63, 3.8) is 0 Å². The molecule has 0 aliphatic carbocycles. The van der Waals surface area contributed by atoms with Crippen molar-refractivity contribution >= 4 is 50.9 Å². The van der Waals surface area contributed by atoms with Gasteiger partial charge in [0, 0.05) is 21.0 Å². The highest BCUT2D eigenvalue weighted by molar-refractivity contribution is 7.17. The predicted octanol–water partition coefficient (Wildman–Crippen LogP) is 4.02. The van der Waals surface area contributed by atoms with Crippen LogP contribution in [0.4, 0.5) is 0 Å². The van der Waals surface area contributed by atoms with Crippen LogP contribution in [0.3, 0.4) is 0 Å². The van der Waals surface area contributed by atoms with Gasteiger partial charge < -0.3 is 0 Å². The van der Waals surface area contributed by atoms with Crippen molar-refractivity contribution in [2.45, 2.75) is 0 Å². The maximum absolute atomic E-state index is 10.6. The number of thiophene rings is 1. The van der Waals surface area contributed by atoms with Crippen molar-refractivity contribution in [2.24, 2.45) is 0 Å². The zero-order chi connectivity index (χ0) is 9.42. The normalized spacial score (nSPS) is 10.6. The maximum Gasteiger partial charge on any atom is 0.151 e. The molecule has 0 N–H and O–H groups in total. The molecule has 13 heavy (non-hydrogen) atoms. The lowest BCUT2D eigenvalue weighted by atomic mass is 10.2. The van der Waals surface area contributed by atoms with Gasteiger partial charge in [-0.2, -0.15) is 0 Å². The molecule has 1 aromatic carbocycles. The van der Waals surface area contributed by atoms with E-state index in [1.54, 1.807) is 17.5 Å². The third kappa shape index (κ3) is 1.46. The minimum absolute atomic E-state index is 0.482. The molecule has 0 unspecified atom stereocenters. The van der Waals surface area contributed by atoms with Crippen LogP contribution >= 0.6 is 34.5 Å². The van der Waals surface area contributed by atoms with E-state index in [0.29, 0.717) is 15.6 Å². The molecule has 0 aliphatic rings. The molecule has 2 rings (SSSR count). The topological polar surface area (TPSA) is 17.1 Å². The van der Waals surface area contributed by atoms with Crippen molar-refractivity contribution in [3.05, 3.63) is 33.1 Å². The molecule has 1 aromatic heterocycles. The van der Waals surface area contributed by atoms with Gasteiger partial charge in [0.1, 0.15) is 0 Å². The van der Waals surface area contributed by atoms with E-state index in [2.05, 4.69) is 0 Å². The summed E-state index contributed by atoms with van der Waals surface area (Å²) in [5.74, 6) is 0. The van der Waals surface area contributed by atoms with E-state index in [1.165, 1.54) is 11.3 Å². The third-order valence-corrected chi connectivity index (χ3v) is 3.46. The Balaban J connectivity index is 2.84. The summed E-state index contributed by atoms with van der Waals surface area (Å²) in [5, 5.41) is 3.67. The summed E-state index contributed by atoms with van der Waals surface area (Å²) in [5.41, 5.74) is 0.665. The van der Waals surface area contributed by atoms with E-state index >= 15 is 0 Å². The van der Waals surface area contributed by atoms with Gasteiger partial charge in [-0.3, -0.25) is 4.79 Å². The summed E-state index contributed by atoms with van der Waals surface area (Å²) in [7, 11) is 0. The average molecular weight is 231 g/mol. The van der Waals surface area contributed by atoms with E-state index in [0.717, 1.165) is 16.4 Å². The Morgan fingerprint density at radius 3 is 2.62 bits per heavy atom. The first-order valence-electron chi connectivity index (χ1n) is 3.54. The fourth-order valence-electron chi connectivity index (χ4n) is 1.13. The van der Waals surface area contributed by atoms with Crippen molar-refractivity contribution in [1.82, 2.24) is 0 Å². The first kappa shape index (κ1) is 9.00. The minimum atomic E-state index is 0.482. The highest BCUT2D eigenvalue weighted by Crippen LogP contribution is 2.32. The molecule has 0 saturated carbocycles. The van der Waals surface area contributed by atoms with Gasteiger partial charge in [-0.15, -0.1) is 11.3 Å². The zero-order valence-corrected chi connectivity index (χ0v) is 8.71. The summed E-state index contributed by atoms with van der Waals surface area (Å²) in [6.45, 7) is 0. The van der Waals surface area contributed by atoms with Crippen LogP contribution in [0.1, 0.15) is 10.4 Å². The summed E-state index contributed by atoms with van der Waals surface area (Å²) in [6.07, 6.45) is 0.822. The van der Waals surface area contributed by atoms with E-state index in [9.17, 15) is 4.79 Å². The smallest absolute Gasteiger partial charge is 0.151 e. The monoisotopic (exact) mass is 230 g/mol. The number of carbonyl (C=O) groups is 1. The molecular weight excluding hydrogens is 227 g/mol. The number of hydrogen-bond donors (Lipinski definition) is 0. The SMILES string of the molecule is O=Cc1csc2cc(Cl)c(Cl)cc12. The number of hydrogen-bond acceptors (Lipinski definition) is 2. The molecule has 0 saturated heterocycles. The van der Waals surface area contributed by atoms with Gasteiger partial charge in [-0.25, -0.2) is 0 Å². The second-order valence-corrected chi connectivity index (χ2v) is 4.30. The highest BCUT2D eigenvalue weighted by Gasteiger charge is 2.06. The van der Waals surface area contributed by atoms with E-state index < -0.39 is 0 Å². The Labute approximate surface area is 88.9 Å². The van der Waals surface area contributed by atoms with Crippen LogP contribution in [-0.4, -0.2) is 6.29 Å². The molecule has 0 amide bonds. The molecule has 0 spiro atoms. The highest BCUT2D eigenvalue weighted by atomic mass is 35.5. The van der Waals surface area contributed by atoms with Crippen LogP contribution in [0.15, 0.2) is 17.5 Å². The van der Waals surface area contributed by atoms with Crippen molar-refractivity contribution in [1.29, 1.82) is 0 Å². The molecule has 4 heteroatoms. The molecule has 0 aliphatic heterocycles. The molecule has 0 fully saturated rings. The van der Waals surface area contributed by atoms with Crippen molar-refractivity contribution < 1.29 is 4.79 Å². The van der Waals surface area contributed by atoms with Crippen LogP contribution < -0.4 is 0 Å². The number of halogens is 2. The van der Waals surface area contributed by atoms with E-state index in [4.69, 9.17) is 23.2 Å². The van der Waals surface area contributed by atoms with Crippen LogP contribution in [0.5, 0.6) is 0 Å². The van der Waals surface area contributed by atoms with Crippen molar-refractivity contribution in [2.75, 3.05) is 0 Å². The number of aldehydes is 1. The van der Waals surface area contributed by atoms with E-state index in [-0.39, 0.29) is 0 Å². The lowest BCUT2D eigenvalue weighted by Gasteiger charge is -1.95. The fraction of sp³-hybridized carbons (Fsp3) is 0. The van der Waals surface area contributed by atoms with Gasteiger partial charge in [-0.05, 0) is 12.1 Å². The molecule has 0 atom stereocenters. The van der Waals surface area contributed by atoms with Gasteiger partial charge in [0.05, 0.1) is 10.0 Å². The number of fused-ring (bicyclic) bond motifs is 1. The number of rotatable bonds is 1. The molecule has 66 valence electrons. The summed E-state index contributed by atoms with van der Waals surface area (Å²) < 4.78 is 0.983. The second-order valence-electron chi connectivity index (χ2n) is 2.57. The Bertz CT molecular complexity index is 476. The minimum Gasteiger partial charge on any atom is -0.298 e. The second kappa shape index (κ2) is 3.29. The Kier molecular flexibility index (Phi) is 2.28. The lowest BCUT2D eigenvalue weighted by molar-refractivity contribution is 0.112. The molecule has 0 radical (unpaired) electrons. The molecule has 1 heterocycles. The van der Waals surface area contributed by atoms with E-state index in [1.807, 2.05) is 0 Å². The average Bonchev–Trinajstić information content (AvgIpc) is 2.48. The van der Waals surface area contributed by atoms with Gasteiger partial charge >= 0.3 is 0 Å². The Morgan fingerprint density at radius 1 is 1.23 bits per heavy atom. The molecule has 1 nitrogen and oxygen atoms in total. The predicted molar refractivity (Wildman–Crippen MR) is 57.2 cm³/mol. The third-order valence-electron chi connectivity index (χ3n) is 1.77. The van der Waals surface area contributed by atoms with Crippen LogP contribution in [0.2, 0.25) is 10.0 Å². The summed E-state index contributed by atoms with van der Waals surface area (Å²) >= 11 is 13.1. The Morgan fingerprint density at radius 2 is 1.92 bits per heavy atom. The molecule has 0 bridgehead atoms. The maximum atomic E-state index is 10.6. The van der Waals surface area contributed by atoms with Gasteiger partial charge in [0.25, 0.3) is 0 Å². The van der Waals surface area contributed by atoms with Crippen LogP contribution in [0, 0.1) is 0 Å². The summed E-state index contributed by atoms with van der Waals surface area (Å²) in [4.78, 5) is 10.6. The Hall–Kier alpha value is -0.570. The fourth-order valence-corrected chi connectivity index (χ4v) is 2.45. The van der Waals surface area contributed by atoms with Gasteiger partial charge in [-0.1, -0.05) is 23.2 Å². The molecule has 2 aromatic rings. The van der Waals surface area contributed by atoms with Crippen LogP contribution in [-0.2, 0) is 0 Å². The number of carbonyl (C=O) groups excluding carboxylic acids is 1.